The number of nitrogens with zero attached hydrogens (tertiary/aromatic N) is 2. The number of methoxy groups -OCH3 is 1. The highest BCUT2D eigenvalue weighted by molar-refractivity contribution is 5.83. The van der Waals surface area contributed by atoms with E-state index in [2.05, 4.69) is 63.7 Å². The molecule has 2 N–H and O–H groups in total. The minimum atomic E-state index is 0.269. The van der Waals surface area contributed by atoms with Crippen molar-refractivity contribution in [1.29, 1.82) is 0 Å². The summed E-state index contributed by atoms with van der Waals surface area (Å²) < 4.78 is 11.7. The van der Waals surface area contributed by atoms with Gasteiger partial charge in [-0.15, -0.1) is 0 Å². The smallest absolute Gasteiger partial charge is 0.122 e. The fourth-order valence-electron chi connectivity index (χ4n) is 5.48. The molecular weight excluding hydrogens is 498 g/mol. The second-order valence-electron chi connectivity index (χ2n) is 10.3. The van der Waals surface area contributed by atoms with E-state index in [0.717, 1.165) is 76.5 Å². The van der Waals surface area contributed by atoms with Crippen molar-refractivity contribution < 1.29 is 14.6 Å². The molecule has 6 heteroatoms. The maximum absolute atomic E-state index is 9.58. The van der Waals surface area contributed by atoms with E-state index in [1.54, 1.807) is 19.2 Å². The number of phenolic OH excluding ortho intramolecular Hbond substituents is 1. The average Bonchev–Trinajstić information content (AvgIpc) is 3.54. The molecule has 0 spiro atoms. The van der Waals surface area contributed by atoms with Crippen LogP contribution in [0.4, 0.5) is 0 Å². The van der Waals surface area contributed by atoms with Crippen LogP contribution < -0.4 is 4.74 Å². The molecule has 6 rings (SSSR count). The Bertz CT molecular complexity index is 1620. The van der Waals surface area contributed by atoms with Crippen molar-refractivity contribution in [2.45, 2.75) is 32.6 Å². The quantitative estimate of drug-likeness (QED) is 0.188. The Morgan fingerprint density at radius 1 is 0.875 bits per heavy atom. The zero-order valence-corrected chi connectivity index (χ0v) is 22.9. The van der Waals surface area contributed by atoms with Crippen molar-refractivity contribution in [2.75, 3.05) is 20.3 Å². The molecule has 0 aliphatic heterocycles. The Morgan fingerprint density at radius 2 is 1.62 bits per heavy atom. The number of nitrogens with one attached hydrogen (secondary N) is 1. The zero-order chi connectivity index (χ0) is 27.5. The van der Waals surface area contributed by atoms with Gasteiger partial charge in [0.1, 0.15) is 11.5 Å². The maximum atomic E-state index is 9.58. The predicted octanol–water partition coefficient (Wildman–Crippen LogP) is 6.92. The lowest BCUT2D eigenvalue weighted by molar-refractivity contribution is 0.134. The van der Waals surface area contributed by atoms with E-state index in [1.165, 1.54) is 16.7 Å². The highest BCUT2D eigenvalue weighted by atomic mass is 16.5. The molecule has 202 valence electrons. The van der Waals surface area contributed by atoms with Crippen LogP contribution in [-0.4, -0.2) is 40.6 Å². The lowest BCUT2D eigenvalue weighted by atomic mass is 10.0. The molecule has 0 unspecified atom stereocenters. The zero-order valence-electron chi connectivity index (χ0n) is 22.9. The summed E-state index contributed by atoms with van der Waals surface area (Å²) in [7, 11) is 1.73. The summed E-state index contributed by atoms with van der Waals surface area (Å²) in [6.45, 7) is 3.39. The number of pyridine rings is 1. The molecule has 5 aromatic rings. The van der Waals surface area contributed by atoms with E-state index < -0.39 is 0 Å². The third-order valence-electron chi connectivity index (χ3n) is 7.55. The molecule has 0 saturated heterocycles. The number of ether oxygens (including phenoxy) is 2. The first-order valence-electron chi connectivity index (χ1n) is 13.8. The number of hydrogen-bond donors (Lipinski definition) is 2. The summed E-state index contributed by atoms with van der Waals surface area (Å²) in [5, 5.41) is 17.5. The third-order valence-corrected chi connectivity index (χ3v) is 7.55. The van der Waals surface area contributed by atoms with Crippen molar-refractivity contribution in [3.8, 4) is 45.1 Å². The van der Waals surface area contributed by atoms with Gasteiger partial charge in [0.05, 0.1) is 25.1 Å². The number of phenols is 1. The minimum Gasteiger partial charge on any atom is -0.508 e. The van der Waals surface area contributed by atoms with Gasteiger partial charge < -0.3 is 14.6 Å². The molecule has 0 saturated carbocycles. The van der Waals surface area contributed by atoms with Crippen LogP contribution in [0.5, 0.6) is 11.5 Å². The summed E-state index contributed by atoms with van der Waals surface area (Å²) >= 11 is 0. The molecule has 0 bridgehead atoms. The standard InChI is InChI=1S/C34H33N3O3/c1-22-5-3-6-28(35-22)7-4-17-40-18-16-26-19-27-20-31-33(36-37-34(31)30(27)21-32(26)39-2)25-10-8-23(9-11-25)24-12-14-29(38)15-13-24/h3,5-6,8-15,19,21,38H,4,7,16-18,20H2,1-2H3,(H,36,37). The van der Waals surface area contributed by atoms with Crippen LogP contribution in [0, 0.1) is 6.92 Å². The number of hydrogen-bond acceptors (Lipinski definition) is 5. The molecular formula is C34H33N3O3. The number of aromatic hydroxyl groups is 1. The minimum absolute atomic E-state index is 0.269. The van der Waals surface area contributed by atoms with Crippen molar-refractivity contribution in [1.82, 2.24) is 15.2 Å². The second-order valence-corrected chi connectivity index (χ2v) is 10.3. The van der Waals surface area contributed by atoms with Crippen LogP contribution >= 0.6 is 0 Å². The van der Waals surface area contributed by atoms with Gasteiger partial charge in [-0.3, -0.25) is 10.1 Å². The molecule has 3 aromatic carbocycles. The van der Waals surface area contributed by atoms with Gasteiger partial charge in [0.25, 0.3) is 0 Å². The Hall–Kier alpha value is -4.42. The summed E-state index contributed by atoms with van der Waals surface area (Å²) in [4.78, 5) is 4.56. The summed E-state index contributed by atoms with van der Waals surface area (Å²) in [6.07, 6.45) is 3.52. The average molecular weight is 532 g/mol. The van der Waals surface area contributed by atoms with Crippen molar-refractivity contribution in [2.24, 2.45) is 0 Å². The van der Waals surface area contributed by atoms with Gasteiger partial charge in [0, 0.05) is 41.1 Å². The van der Waals surface area contributed by atoms with Crippen LogP contribution in [-0.2, 0) is 24.0 Å². The first kappa shape index (κ1) is 25.8. The SMILES string of the molecule is COc1cc2c(cc1CCOCCCc1cccc(C)n1)Cc1c(-c3ccc(-c4ccc(O)cc4)cc3)n[nH]c1-2. The van der Waals surface area contributed by atoms with Crippen LogP contribution in [0.25, 0.3) is 33.6 Å². The van der Waals surface area contributed by atoms with Gasteiger partial charge in [-0.1, -0.05) is 48.5 Å². The fourth-order valence-corrected chi connectivity index (χ4v) is 5.48. The molecule has 1 aliphatic carbocycles. The number of rotatable bonds is 10. The van der Waals surface area contributed by atoms with Crippen LogP contribution in [0.1, 0.15) is 34.5 Å². The lowest BCUT2D eigenvalue weighted by Crippen LogP contribution is -2.04. The summed E-state index contributed by atoms with van der Waals surface area (Å²) in [5.41, 5.74) is 12.3. The summed E-state index contributed by atoms with van der Waals surface area (Å²) in [5.74, 6) is 1.15. The van der Waals surface area contributed by atoms with Crippen LogP contribution in [0.3, 0.4) is 0 Å². The Kier molecular flexibility index (Phi) is 7.34. The molecule has 0 atom stereocenters. The molecule has 1 aliphatic rings. The summed E-state index contributed by atoms with van der Waals surface area (Å²) in [6, 6.07) is 26.2. The van der Waals surface area contributed by atoms with Gasteiger partial charge in [-0.05, 0) is 78.8 Å². The highest BCUT2D eigenvalue weighted by Gasteiger charge is 2.27. The van der Waals surface area contributed by atoms with Crippen LogP contribution in [0.2, 0.25) is 0 Å². The van der Waals surface area contributed by atoms with E-state index in [4.69, 9.17) is 9.47 Å². The number of aromatic amines is 1. The lowest BCUT2D eigenvalue weighted by Gasteiger charge is -2.12. The molecule has 0 radical (unpaired) electrons. The van der Waals surface area contributed by atoms with E-state index in [1.807, 2.05) is 25.1 Å². The van der Waals surface area contributed by atoms with Gasteiger partial charge in [0.15, 0.2) is 0 Å². The van der Waals surface area contributed by atoms with E-state index >= 15 is 0 Å². The van der Waals surface area contributed by atoms with Crippen molar-refractivity contribution in [3.63, 3.8) is 0 Å². The van der Waals surface area contributed by atoms with E-state index in [-0.39, 0.29) is 5.75 Å². The number of benzene rings is 3. The van der Waals surface area contributed by atoms with Gasteiger partial charge >= 0.3 is 0 Å². The third kappa shape index (κ3) is 5.36. The number of aryl methyl sites for hydroxylation is 2. The van der Waals surface area contributed by atoms with E-state index in [0.29, 0.717) is 13.2 Å². The largest absolute Gasteiger partial charge is 0.508 e. The van der Waals surface area contributed by atoms with Gasteiger partial charge in [0.2, 0.25) is 0 Å². The van der Waals surface area contributed by atoms with Crippen molar-refractivity contribution in [3.05, 3.63) is 107 Å². The van der Waals surface area contributed by atoms with Gasteiger partial charge in [-0.25, -0.2) is 0 Å². The molecule has 2 heterocycles. The molecule has 2 aromatic heterocycles. The van der Waals surface area contributed by atoms with E-state index in [9.17, 15) is 5.11 Å². The molecule has 6 nitrogen and oxygen atoms in total. The van der Waals surface area contributed by atoms with Gasteiger partial charge in [-0.2, -0.15) is 5.10 Å². The highest BCUT2D eigenvalue weighted by Crippen LogP contribution is 2.43. The first-order valence-corrected chi connectivity index (χ1v) is 13.8. The fraction of sp³-hybridized carbons (Fsp3) is 0.235. The Morgan fingerprint density at radius 3 is 2.38 bits per heavy atom. The monoisotopic (exact) mass is 531 g/mol. The molecule has 40 heavy (non-hydrogen) atoms. The maximum Gasteiger partial charge on any atom is 0.122 e. The number of aromatic nitrogens is 3. The van der Waals surface area contributed by atoms with Crippen LogP contribution in [0.15, 0.2) is 78.9 Å². The topological polar surface area (TPSA) is 80.3 Å². The normalized spacial score (nSPS) is 11.8. The molecule has 0 fully saturated rings. The van der Waals surface area contributed by atoms with Crippen molar-refractivity contribution >= 4 is 0 Å². The first-order chi connectivity index (χ1) is 19.6. The molecule has 0 amide bonds. The Labute approximate surface area is 234 Å². The number of H-pyrrole nitrogens is 1. The second kappa shape index (κ2) is 11.4. The number of fused-ring (bicyclic) bond motifs is 3. The Balaban J connectivity index is 1.11. The predicted molar refractivity (Wildman–Crippen MR) is 158 cm³/mol.